The van der Waals surface area contributed by atoms with Crippen LogP contribution in [0.2, 0.25) is 0 Å². The van der Waals surface area contributed by atoms with Gasteiger partial charge in [0.05, 0.1) is 0 Å². The molecule has 0 aliphatic heterocycles. The number of ether oxygens (including phenoxy) is 3. The summed E-state index contributed by atoms with van der Waals surface area (Å²) in [6.45, 7) is 6.24. The smallest absolute Gasteiger partial charge is 0.306 e. The van der Waals surface area contributed by atoms with Gasteiger partial charge in [0.1, 0.15) is 13.2 Å². The Morgan fingerprint density at radius 3 is 0.728 bits per heavy atom. The number of hydrogen-bond donors (Lipinski definition) is 0. The summed E-state index contributed by atoms with van der Waals surface area (Å²) in [6.07, 6.45) is 98.4. The zero-order chi connectivity index (χ0) is 58.5. The number of esters is 3. The summed E-state index contributed by atoms with van der Waals surface area (Å²) >= 11 is 0. The average Bonchev–Trinajstić information content (AvgIpc) is 3.47. The highest BCUT2D eigenvalue weighted by molar-refractivity contribution is 5.71. The molecule has 0 N–H and O–H groups in total. The van der Waals surface area contributed by atoms with Crippen LogP contribution in [0.5, 0.6) is 0 Å². The molecule has 1 atom stereocenters. The Morgan fingerprint density at radius 2 is 0.444 bits per heavy atom. The van der Waals surface area contributed by atoms with E-state index in [1.807, 2.05) is 0 Å². The number of carbonyl (C=O) groups excluding carboxylic acids is 3. The zero-order valence-electron chi connectivity index (χ0n) is 52.2. The van der Waals surface area contributed by atoms with Gasteiger partial charge in [-0.15, -0.1) is 0 Å². The average molecular weight is 1120 g/mol. The molecule has 81 heavy (non-hydrogen) atoms. The van der Waals surface area contributed by atoms with Gasteiger partial charge in [-0.1, -0.05) is 275 Å². The third-order valence-corrected chi connectivity index (χ3v) is 13.5. The predicted molar refractivity (Wildman–Crippen MR) is 352 cm³/mol. The maximum atomic E-state index is 12.9. The Labute approximate surface area is 499 Å². The first kappa shape index (κ1) is 76.0. The second-order valence-corrected chi connectivity index (χ2v) is 21.2. The Bertz CT molecular complexity index is 1810. The number of allylic oxidation sites excluding steroid dienone is 26. The van der Waals surface area contributed by atoms with Gasteiger partial charge in [-0.25, -0.2) is 0 Å². The lowest BCUT2D eigenvalue weighted by molar-refractivity contribution is -0.167. The van der Waals surface area contributed by atoms with Crippen molar-refractivity contribution in [1.82, 2.24) is 0 Å². The molecule has 0 aliphatic carbocycles. The van der Waals surface area contributed by atoms with Crippen molar-refractivity contribution in [2.75, 3.05) is 13.2 Å². The molecule has 0 aromatic carbocycles. The van der Waals surface area contributed by atoms with Crippen LogP contribution in [0.15, 0.2) is 158 Å². The van der Waals surface area contributed by atoms with Gasteiger partial charge in [-0.3, -0.25) is 14.4 Å². The van der Waals surface area contributed by atoms with E-state index in [1.54, 1.807) is 0 Å². The van der Waals surface area contributed by atoms with Crippen LogP contribution in [-0.4, -0.2) is 37.2 Å². The molecule has 0 radical (unpaired) electrons. The fourth-order valence-electron chi connectivity index (χ4n) is 8.69. The third kappa shape index (κ3) is 65.7. The van der Waals surface area contributed by atoms with Crippen molar-refractivity contribution in [3.8, 4) is 0 Å². The molecule has 0 heterocycles. The van der Waals surface area contributed by atoms with Crippen LogP contribution in [0.25, 0.3) is 0 Å². The molecule has 0 bridgehead atoms. The molecule has 0 spiro atoms. The number of hydrogen-bond acceptors (Lipinski definition) is 6. The van der Waals surface area contributed by atoms with Gasteiger partial charge >= 0.3 is 17.9 Å². The molecule has 0 aromatic heterocycles. The standard InChI is InChI=1S/C75H120O6/c1-4-7-10-13-16-19-22-25-28-30-32-33-34-35-36-37-38-39-40-41-43-44-47-50-53-56-59-62-65-68-74(77)80-71-72(70-79-73(76)67-64-61-58-55-52-49-46-27-24-21-18-15-12-9-6-3)81-75(78)69-66-63-60-57-54-51-48-45-42-31-29-26-23-20-17-14-11-8-5-2/h7-12,16-21,25-29,32-33,42,45-46,51-52,54-55,72H,4-6,13-15,22-24,30-31,34-41,43-44,47-50,53,56-71H2,1-3H3/b10-7-,11-8-,12-9-,19-16-,20-17-,21-18-,28-25-,29-26-,33-32-,45-42-,46-27-,54-51-,55-52-. The van der Waals surface area contributed by atoms with Crippen LogP contribution in [0, 0.1) is 0 Å². The highest BCUT2D eigenvalue weighted by Crippen LogP contribution is 2.16. The van der Waals surface area contributed by atoms with Crippen LogP contribution in [0.3, 0.4) is 0 Å². The van der Waals surface area contributed by atoms with Gasteiger partial charge in [0.25, 0.3) is 0 Å². The lowest BCUT2D eigenvalue weighted by atomic mass is 10.0. The van der Waals surface area contributed by atoms with Crippen LogP contribution in [0.1, 0.15) is 278 Å². The van der Waals surface area contributed by atoms with Gasteiger partial charge in [-0.2, -0.15) is 0 Å². The Hall–Kier alpha value is -4.97. The van der Waals surface area contributed by atoms with E-state index in [-0.39, 0.29) is 37.5 Å². The lowest BCUT2D eigenvalue weighted by Gasteiger charge is -2.18. The van der Waals surface area contributed by atoms with Gasteiger partial charge in [-0.05, 0) is 141 Å². The van der Waals surface area contributed by atoms with E-state index in [9.17, 15) is 14.4 Å². The van der Waals surface area contributed by atoms with Crippen molar-refractivity contribution >= 4 is 17.9 Å². The molecule has 0 rings (SSSR count). The minimum Gasteiger partial charge on any atom is -0.462 e. The number of unbranched alkanes of at least 4 members (excludes halogenated alkanes) is 21. The Kier molecular flexibility index (Phi) is 63.4. The van der Waals surface area contributed by atoms with Crippen LogP contribution >= 0.6 is 0 Å². The first-order valence-corrected chi connectivity index (χ1v) is 33.0. The van der Waals surface area contributed by atoms with Crippen molar-refractivity contribution in [2.24, 2.45) is 0 Å². The molecule has 0 aromatic rings. The monoisotopic (exact) mass is 1120 g/mol. The molecule has 456 valence electrons. The summed E-state index contributed by atoms with van der Waals surface area (Å²) in [6, 6.07) is 0. The Balaban J connectivity index is 4.38. The highest BCUT2D eigenvalue weighted by atomic mass is 16.6. The molecule has 0 amide bonds. The van der Waals surface area contributed by atoms with Gasteiger partial charge < -0.3 is 14.2 Å². The summed E-state index contributed by atoms with van der Waals surface area (Å²) in [5, 5.41) is 0. The zero-order valence-corrected chi connectivity index (χ0v) is 52.2. The van der Waals surface area contributed by atoms with Gasteiger partial charge in [0, 0.05) is 19.3 Å². The topological polar surface area (TPSA) is 78.9 Å². The quantitative estimate of drug-likeness (QED) is 0.0261. The summed E-state index contributed by atoms with van der Waals surface area (Å²) in [4.78, 5) is 38.3. The second-order valence-electron chi connectivity index (χ2n) is 21.2. The molecule has 0 saturated carbocycles. The summed E-state index contributed by atoms with van der Waals surface area (Å²) in [5.74, 6) is -0.985. The van der Waals surface area contributed by atoms with E-state index < -0.39 is 6.10 Å². The lowest BCUT2D eigenvalue weighted by Crippen LogP contribution is -2.30. The van der Waals surface area contributed by atoms with E-state index in [4.69, 9.17) is 14.2 Å². The molecule has 1 unspecified atom stereocenters. The maximum Gasteiger partial charge on any atom is 0.306 e. The third-order valence-electron chi connectivity index (χ3n) is 13.5. The largest absolute Gasteiger partial charge is 0.462 e. The van der Waals surface area contributed by atoms with Crippen LogP contribution < -0.4 is 0 Å². The van der Waals surface area contributed by atoms with E-state index >= 15 is 0 Å². The molecule has 0 saturated heterocycles. The normalized spacial score (nSPS) is 13.2. The summed E-state index contributed by atoms with van der Waals surface area (Å²) in [5.41, 5.74) is 0. The van der Waals surface area contributed by atoms with Crippen LogP contribution in [0.4, 0.5) is 0 Å². The molecule has 0 fully saturated rings. The fourth-order valence-corrected chi connectivity index (χ4v) is 8.69. The molecule has 0 aliphatic rings. The number of carbonyl (C=O) groups is 3. The minimum absolute atomic E-state index is 0.110. The number of rotatable bonds is 58. The molecule has 6 heteroatoms. The first-order valence-electron chi connectivity index (χ1n) is 33.0. The van der Waals surface area contributed by atoms with E-state index in [1.165, 1.54) is 89.9 Å². The molecule has 6 nitrogen and oxygen atoms in total. The van der Waals surface area contributed by atoms with Crippen molar-refractivity contribution in [2.45, 2.75) is 284 Å². The minimum atomic E-state index is -0.821. The Morgan fingerprint density at radius 1 is 0.247 bits per heavy atom. The van der Waals surface area contributed by atoms with E-state index in [2.05, 4.69) is 179 Å². The van der Waals surface area contributed by atoms with Crippen molar-refractivity contribution < 1.29 is 28.6 Å². The van der Waals surface area contributed by atoms with E-state index in [0.717, 1.165) is 135 Å². The summed E-state index contributed by atoms with van der Waals surface area (Å²) < 4.78 is 16.9. The van der Waals surface area contributed by atoms with Crippen LogP contribution in [-0.2, 0) is 28.6 Å². The molecular weight excluding hydrogens is 997 g/mol. The second kappa shape index (κ2) is 67.5. The van der Waals surface area contributed by atoms with Crippen molar-refractivity contribution in [3.63, 3.8) is 0 Å². The van der Waals surface area contributed by atoms with Crippen molar-refractivity contribution in [3.05, 3.63) is 158 Å². The first-order chi connectivity index (χ1) is 40.0. The molecular formula is C75H120O6. The van der Waals surface area contributed by atoms with Crippen molar-refractivity contribution in [1.29, 1.82) is 0 Å². The fraction of sp³-hybridized carbons (Fsp3) is 0.613. The van der Waals surface area contributed by atoms with E-state index in [0.29, 0.717) is 25.7 Å². The maximum absolute atomic E-state index is 12.9. The summed E-state index contributed by atoms with van der Waals surface area (Å²) in [7, 11) is 0. The SMILES string of the molecule is CC/C=C\C/C=C\C/C=C\C/C=C\C/C=C\CCCCCC(=O)OC(COC(=O)CCCC/C=C\C/C=C\C/C=C\C/C=C\CC)COC(=O)CCCCCCCCCCCCCCCCCC/C=C\C/C=C\C/C=C\C/C=C\CC. The van der Waals surface area contributed by atoms with Gasteiger partial charge in [0.15, 0.2) is 6.10 Å². The van der Waals surface area contributed by atoms with Gasteiger partial charge in [0.2, 0.25) is 0 Å². The predicted octanol–water partition coefficient (Wildman–Crippen LogP) is 22.9. The highest BCUT2D eigenvalue weighted by Gasteiger charge is 2.19.